The van der Waals surface area contributed by atoms with E-state index in [9.17, 15) is 0 Å². The molecule has 100 valence electrons. The van der Waals surface area contributed by atoms with Crippen molar-refractivity contribution in [3.05, 3.63) is 35.2 Å². The van der Waals surface area contributed by atoms with Gasteiger partial charge in [-0.15, -0.1) is 11.3 Å². The van der Waals surface area contributed by atoms with Gasteiger partial charge in [-0.2, -0.15) is 0 Å². The molecule has 0 spiro atoms. The quantitative estimate of drug-likeness (QED) is 0.862. The zero-order valence-corrected chi connectivity index (χ0v) is 12.2. The maximum absolute atomic E-state index is 4.71. The van der Waals surface area contributed by atoms with Gasteiger partial charge in [0.15, 0.2) is 5.13 Å². The smallest absolute Gasteiger partial charge is 0.183 e. The zero-order valence-electron chi connectivity index (χ0n) is 11.4. The second-order valence-electron chi connectivity index (χ2n) is 5.38. The van der Waals surface area contributed by atoms with Crippen molar-refractivity contribution < 1.29 is 0 Å². The van der Waals surface area contributed by atoms with Crippen molar-refractivity contribution in [3.63, 3.8) is 0 Å². The molecule has 0 radical (unpaired) electrons. The van der Waals surface area contributed by atoms with E-state index in [0.29, 0.717) is 6.04 Å². The molecule has 0 saturated heterocycles. The fourth-order valence-corrected chi connectivity index (χ4v) is 3.42. The number of anilines is 1. The molecule has 1 aromatic heterocycles. The lowest BCUT2D eigenvalue weighted by Gasteiger charge is -2.22. The summed E-state index contributed by atoms with van der Waals surface area (Å²) in [6, 6.07) is 9.21. The number of benzene rings is 1. The van der Waals surface area contributed by atoms with Gasteiger partial charge in [-0.1, -0.05) is 49.1 Å². The normalized spacial score (nSPS) is 16.5. The van der Waals surface area contributed by atoms with Gasteiger partial charge in [0.05, 0.1) is 5.69 Å². The molecule has 0 bridgehead atoms. The second kappa shape index (κ2) is 5.74. The lowest BCUT2D eigenvalue weighted by atomic mass is 9.96. The van der Waals surface area contributed by atoms with Gasteiger partial charge in [0.1, 0.15) is 0 Å². The average Bonchev–Trinajstić information content (AvgIpc) is 2.89. The molecule has 3 rings (SSSR count). The summed E-state index contributed by atoms with van der Waals surface area (Å²) in [5.41, 5.74) is 3.58. The predicted molar refractivity (Wildman–Crippen MR) is 82.8 cm³/mol. The summed E-state index contributed by atoms with van der Waals surface area (Å²) in [7, 11) is 0. The Balaban J connectivity index is 1.70. The highest BCUT2D eigenvalue weighted by Gasteiger charge is 2.14. The van der Waals surface area contributed by atoms with Gasteiger partial charge in [-0.25, -0.2) is 4.98 Å². The summed E-state index contributed by atoms with van der Waals surface area (Å²) >= 11 is 1.72. The second-order valence-corrected chi connectivity index (χ2v) is 6.24. The molecule has 0 aliphatic heterocycles. The highest BCUT2D eigenvalue weighted by atomic mass is 32.1. The largest absolute Gasteiger partial charge is 0.359 e. The minimum Gasteiger partial charge on any atom is -0.359 e. The van der Waals surface area contributed by atoms with Crippen LogP contribution >= 0.6 is 11.3 Å². The van der Waals surface area contributed by atoms with Crippen LogP contribution in [0.15, 0.2) is 29.6 Å². The van der Waals surface area contributed by atoms with E-state index in [-0.39, 0.29) is 0 Å². The van der Waals surface area contributed by atoms with E-state index in [0.717, 1.165) is 10.8 Å². The lowest BCUT2D eigenvalue weighted by Crippen LogP contribution is -2.21. The van der Waals surface area contributed by atoms with Gasteiger partial charge in [-0.3, -0.25) is 0 Å². The van der Waals surface area contributed by atoms with Crippen LogP contribution in [0.2, 0.25) is 0 Å². The van der Waals surface area contributed by atoms with Gasteiger partial charge >= 0.3 is 0 Å². The van der Waals surface area contributed by atoms with E-state index >= 15 is 0 Å². The van der Waals surface area contributed by atoms with Gasteiger partial charge in [0, 0.05) is 17.0 Å². The van der Waals surface area contributed by atoms with Crippen LogP contribution < -0.4 is 5.32 Å². The Bertz CT molecular complexity index is 524. The Morgan fingerprint density at radius 1 is 1.11 bits per heavy atom. The molecule has 0 unspecified atom stereocenters. The van der Waals surface area contributed by atoms with Crippen molar-refractivity contribution in [1.29, 1.82) is 0 Å². The maximum Gasteiger partial charge on any atom is 0.183 e. The topological polar surface area (TPSA) is 24.9 Å². The average molecular weight is 272 g/mol. The van der Waals surface area contributed by atoms with Crippen LogP contribution in [0.25, 0.3) is 11.3 Å². The van der Waals surface area contributed by atoms with E-state index in [1.54, 1.807) is 11.3 Å². The molecule has 3 heteroatoms. The van der Waals surface area contributed by atoms with Crippen LogP contribution in [0.1, 0.15) is 37.7 Å². The number of aryl methyl sites for hydroxylation is 1. The zero-order chi connectivity index (χ0) is 13.1. The van der Waals surface area contributed by atoms with Crippen LogP contribution in [-0.2, 0) is 0 Å². The van der Waals surface area contributed by atoms with Crippen molar-refractivity contribution in [2.45, 2.75) is 45.1 Å². The van der Waals surface area contributed by atoms with E-state index in [2.05, 4.69) is 41.9 Å². The van der Waals surface area contributed by atoms with Gasteiger partial charge in [0.25, 0.3) is 0 Å². The third-order valence-electron chi connectivity index (χ3n) is 3.78. The van der Waals surface area contributed by atoms with Crippen molar-refractivity contribution in [2.24, 2.45) is 0 Å². The summed E-state index contributed by atoms with van der Waals surface area (Å²) in [6.45, 7) is 2.11. The molecule has 1 aromatic carbocycles. The first-order chi connectivity index (χ1) is 9.31. The molecule has 19 heavy (non-hydrogen) atoms. The molecule has 0 amide bonds. The summed E-state index contributed by atoms with van der Waals surface area (Å²) in [6.07, 6.45) is 6.69. The molecule has 1 aliphatic carbocycles. The summed E-state index contributed by atoms with van der Waals surface area (Å²) in [4.78, 5) is 4.71. The molecule has 0 atom stereocenters. The van der Waals surface area contributed by atoms with E-state index in [1.165, 1.54) is 43.2 Å². The molecule has 1 aliphatic rings. The summed E-state index contributed by atoms with van der Waals surface area (Å²) in [5.74, 6) is 0. The number of hydrogen-bond acceptors (Lipinski definition) is 3. The van der Waals surface area contributed by atoms with E-state index < -0.39 is 0 Å². The number of aromatic nitrogens is 1. The number of nitrogens with zero attached hydrogens (tertiary/aromatic N) is 1. The first kappa shape index (κ1) is 12.7. The molecule has 1 saturated carbocycles. The fraction of sp³-hybridized carbons (Fsp3) is 0.438. The number of hydrogen-bond donors (Lipinski definition) is 1. The minimum absolute atomic E-state index is 0.630. The Kier molecular flexibility index (Phi) is 3.83. The highest BCUT2D eigenvalue weighted by molar-refractivity contribution is 7.14. The van der Waals surface area contributed by atoms with Gasteiger partial charge in [0.2, 0.25) is 0 Å². The van der Waals surface area contributed by atoms with Crippen LogP contribution in [0.4, 0.5) is 5.13 Å². The van der Waals surface area contributed by atoms with Crippen LogP contribution in [0.3, 0.4) is 0 Å². The molecule has 1 N–H and O–H groups in total. The third-order valence-corrected chi connectivity index (χ3v) is 4.56. The predicted octanol–water partition coefficient (Wildman–Crippen LogP) is 4.86. The standard InChI is InChI=1S/C16H20N2S/c1-12-7-9-13(10-8-12)15-11-19-16(18-15)17-14-5-3-2-4-6-14/h7-11,14H,2-6H2,1H3,(H,17,18). The van der Waals surface area contributed by atoms with Crippen LogP contribution in [0.5, 0.6) is 0 Å². The van der Waals surface area contributed by atoms with E-state index in [4.69, 9.17) is 4.98 Å². The minimum atomic E-state index is 0.630. The third kappa shape index (κ3) is 3.16. The van der Waals surface area contributed by atoms with Crippen molar-refractivity contribution in [3.8, 4) is 11.3 Å². The SMILES string of the molecule is Cc1ccc(-c2csc(NC3CCCCC3)n2)cc1. The summed E-state index contributed by atoms with van der Waals surface area (Å²) in [5, 5.41) is 6.81. The number of nitrogens with one attached hydrogen (secondary N) is 1. The number of rotatable bonds is 3. The molecule has 1 fully saturated rings. The molecular weight excluding hydrogens is 252 g/mol. The Morgan fingerprint density at radius 2 is 1.84 bits per heavy atom. The first-order valence-electron chi connectivity index (χ1n) is 7.10. The highest BCUT2D eigenvalue weighted by Crippen LogP contribution is 2.28. The Labute approximate surface area is 118 Å². The number of thiazole rings is 1. The van der Waals surface area contributed by atoms with Crippen LogP contribution in [-0.4, -0.2) is 11.0 Å². The van der Waals surface area contributed by atoms with Gasteiger partial charge in [-0.05, 0) is 19.8 Å². The first-order valence-corrected chi connectivity index (χ1v) is 7.98. The van der Waals surface area contributed by atoms with E-state index in [1.807, 2.05) is 0 Å². The molecule has 2 aromatic rings. The fourth-order valence-electron chi connectivity index (χ4n) is 2.62. The van der Waals surface area contributed by atoms with Crippen molar-refractivity contribution in [2.75, 3.05) is 5.32 Å². The Morgan fingerprint density at radius 3 is 2.58 bits per heavy atom. The Hall–Kier alpha value is -1.35. The molecule has 1 heterocycles. The van der Waals surface area contributed by atoms with Crippen LogP contribution in [0, 0.1) is 6.92 Å². The molecule has 2 nitrogen and oxygen atoms in total. The van der Waals surface area contributed by atoms with Gasteiger partial charge < -0.3 is 5.32 Å². The maximum atomic E-state index is 4.71. The van der Waals surface area contributed by atoms with Crippen molar-refractivity contribution in [1.82, 2.24) is 4.98 Å². The van der Waals surface area contributed by atoms with Crippen molar-refractivity contribution >= 4 is 16.5 Å². The molecular formula is C16H20N2S. The lowest BCUT2D eigenvalue weighted by molar-refractivity contribution is 0.462. The monoisotopic (exact) mass is 272 g/mol. The summed E-state index contributed by atoms with van der Waals surface area (Å²) < 4.78 is 0.